The highest BCUT2D eigenvalue weighted by molar-refractivity contribution is 5.04. The van der Waals surface area contributed by atoms with Crippen LogP contribution in [0.4, 0.5) is 0 Å². The number of nitrogens with two attached hydrogens (primary N) is 1. The Kier molecular flexibility index (Phi) is 0.999. The van der Waals surface area contributed by atoms with Gasteiger partial charge in [-0.15, -0.1) is 0 Å². The van der Waals surface area contributed by atoms with Crippen molar-refractivity contribution in [3.63, 3.8) is 0 Å². The summed E-state index contributed by atoms with van der Waals surface area (Å²) in [6.07, 6.45) is 0. The quantitative estimate of drug-likeness (QED) is 0.437. The first kappa shape index (κ1) is 5.54. The van der Waals surface area contributed by atoms with E-state index in [1.165, 1.54) is 0 Å². The van der Waals surface area contributed by atoms with Gasteiger partial charge >= 0.3 is 0 Å². The third-order valence-electron chi connectivity index (χ3n) is 1.37. The second-order valence-corrected chi connectivity index (χ2v) is 2.58. The minimum atomic E-state index is -0.158. The molecule has 3 heteroatoms. The fraction of sp³-hybridized carbons (Fsp3) is 0.800. The van der Waals surface area contributed by atoms with Gasteiger partial charge < -0.3 is 0 Å². The molecule has 0 spiro atoms. The van der Waals surface area contributed by atoms with Crippen LogP contribution >= 0.6 is 0 Å². The van der Waals surface area contributed by atoms with Crippen molar-refractivity contribution in [1.29, 1.82) is 5.26 Å². The Hall–Kier alpha value is -0.590. The molecule has 3 nitrogen and oxygen atoms in total. The van der Waals surface area contributed by atoms with Crippen molar-refractivity contribution in [2.45, 2.75) is 6.92 Å². The fourth-order valence-corrected chi connectivity index (χ4v) is 0.921. The van der Waals surface area contributed by atoms with Gasteiger partial charge in [-0.1, -0.05) is 0 Å². The van der Waals surface area contributed by atoms with Gasteiger partial charge in [0, 0.05) is 13.1 Å². The average molecular weight is 111 g/mol. The highest BCUT2D eigenvalue weighted by Gasteiger charge is 2.36. The molecule has 0 aliphatic carbocycles. The molecular weight excluding hydrogens is 102 g/mol. The summed E-state index contributed by atoms with van der Waals surface area (Å²) in [5, 5.41) is 10.1. The van der Waals surface area contributed by atoms with Crippen molar-refractivity contribution in [3.8, 4) is 6.07 Å². The van der Waals surface area contributed by atoms with E-state index in [0.29, 0.717) is 13.1 Å². The third-order valence-corrected chi connectivity index (χ3v) is 1.37. The number of hydrogen-bond donors (Lipinski definition) is 1. The molecule has 0 aromatic carbocycles. The van der Waals surface area contributed by atoms with Gasteiger partial charge in [-0.25, -0.2) is 5.01 Å². The van der Waals surface area contributed by atoms with E-state index in [4.69, 9.17) is 11.1 Å². The summed E-state index contributed by atoms with van der Waals surface area (Å²) in [6, 6.07) is 2.19. The van der Waals surface area contributed by atoms with Gasteiger partial charge in [-0.3, -0.25) is 5.84 Å². The maximum Gasteiger partial charge on any atom is 0.0826 e. The summed E-state index contributed by atoms with van der Waals surface area (Å²) in [6.45, 7) is 3.34. The molecule has 0 atom stereocenters. The van der Waals surface area contributed by atoms with E-state index in [1.54, 1.807) is 5.01 Å². The van der Waals surface area contributed by atoms with E-state index in [-0.39, 0.29) is 5.41 Å². The van der Waals surface area contributed by atoms with Crippen LogP contribution in [-0.4, -0.2) is 18.1 Å². The summed E-state index contributed by atoms with van der Waals surface area (Å²) >= 11 is 0. The highest BCUT2D eigenvalue weighted by atomic mass is 15.4. The van der Waals surface area contributed by atoms with Crippen molar-refractivity contribution in [2.24, 2.45) is 11.3 Å². The van der Waals surface area contributed by atoms with Crippen molar-refractivity contribution < 1.29 is 0 Å². The monoisotopic (exact) mass is 111 g/mol. The molecule has 44 valence electrons. The minimum Gasteiger partial charge on any atom is -0.269 e. The van der Waals surface area contributed by atoms with Crippen molar-refractivity contribution in [3.05, 3.63) is 0 Å². The normalized spacial score (nSPS) is 26.1. The summed E-state index contributed by atoms with van der Waals surface area (Å²) in [5.74, 6) is 5.31. The SMILES string of the molecule is CC1(C#N)CN(N)C1. The van der Waals surface area contributed by atoms with Gasteiger partial charge in [0.25, 0.3) is 0 Å². The number of hydrazine groups is 1. The molecule has 1 aliphatic heterocycles. The maximum atomic E-state index is 8.43. The first-order valence-corrected chi connectivity index (χ1v) is 2.57. The second-order valence-electron chi connectivity index (χ2n) is 2.58. The van der Waals surface area contributed by atoms with Crippen molar-refractivity contribution in [1.82, 2.24) is 5.01 Å². The second kappa shape index (κ2) is 1.44. The Morgan fingerprint density at radius 2 is 2.25 bits per heavy atom. The number of nitriles is 1. The molecule has 0 amide bonds. The number of nitrogens with zero attached hydrogens (tertiary/aromatic N) is 2. The van der Waals surface area contributed by atoms with E-state index >= 15 is 0 Å². The topological polar surface area (TPSA) is 53.0 Å². The predicted molar refractivity (Wildman–Crippen MR) is 29.5 cm³/mol. The molecule has 0 aromatic heterocycles. The molecule has 2 N–H and O–H groups in total. The van der Waals surface area contributed by atoms with Gasteiger partial charge in [-0.05, 0) is 6.92 Å². The number of hydrogen-bond acceptors (Lipinski definition) is 3. The molecule has 0 aromatic rings. The lowest BCUT2D eigenvalue weighted by atomic mass is 9.85. The van der Waals surface area contributed by atoms with Crippen LogP contribution in [0, 0.1) is 16.7 Å². The van der Waals surface area contributed by atoms with Crippen LogP contribution in [0.25, 0.3) is 0 Å². The molecule has 1 aliphatic rings. The molecule has 8 heavy (non-hydrogen) atoms. The van der Waals surface area contributed by atoms with Crippen LogP contribution in [0.3, 0.4) is 0 Å². The van der Waals surface area contributed by atoms with E-state index in [9.17, 15) is 0 Å². The molecule has 0 bridgehead atoms. The van der Waals surface area contributed by atoms with Crippen LogP contribution in [0.15, 0.2) is 0 Å². The van der Waals surface area contributed by atoms with Gasteiger partial charge in [0.2, 0.25) is 0 Å². The Balaban J connectivity index is 2.44. The van der Waals surface area contributed by atoms with E-state index < -0.39 is 0 Å². The fourth-order valence-electron chi connectivity index (χ4n) is 0.921. The number of rotatable bonds is 0. The first-order valence-electron chi connectivity index (χ1n) is 2.57. The smallest absolute Gasteiger partial charge is 0.0826 e. The Labute approximate surface area is 48.7 Å². The summed E-state index contributed by atoms with van der Waals surface area (Å²) in [4.78, 5) is 0. The van der Waals surface area contributed by atoms with Crippen molar-refractivity contribution >= 4 is 0 Å². The highest BCUT2D eigenvalue weighted by Crippen LogP contribution is 2.24. The first-order chi connectivity index (χ1) is 3.66. The molecule has 1 fully saturated rings. The molecule has 1 heterocycles. The standard InChI is InChI=1S/C5H9N3/c1-5(2-6)3-8(7)4-5/h3-4,7H2,1H3. The van der Waals surface area contributed by atoms with Gasteiger partial charge in [0.15, 0.2) is 0 Å². The Morgan fingerprint density at radius 1 is 1.75 bits per heavy atom. The molecule has 0 radical (unpaired) electrons. The zero-order valence-corrected chi connectivity index (χ0v) is 4.89. The molecule has 1 rings (SSSR count). The van der Waals surface area contributed by atoms with Crippen LogP contribution in [0.1, 0.15) is 6.92 Å². The van der Waals surface area contributed by atoms with Gasteiger partial charge in [0.05, 0.1) is 11.5 Å². The zero-order valence-electron chi connectivity index (χ0n) is 4.89. The van der Waals surface area contributed by atoms with Crippen LogP contribution in [-0.2, 0) is 0 Å². The zero-order chi connectivity index (χ0) is 6.20. The summed E-state index contributed by atoms with van der Waals surface area (Å²) < 4.78 is 0. The third kappa shape index (κ3) is 0.683. The van der Waals surface area contributed by atoms with Crippen LogP contribution in [0.2, 0.25) is 0 Å². The van der Waals surface area contributed by atoms with E-state index in [2.05, 4.69) is 6.07 Å². The average Bonchev–Trinajstić information content (AvgIpc) is 1.63. The molecule has 0 saturated carbocycles. The van der Waals surface area contributed by atoms with Crippen molar-refractivity contribution in [2.75, 3.05) is 13.1 Å². The maximum absolute atomic E-state index is 8.43. The summed E-state index contributed by atoms with van der Waals surface area (Å²) in [5.41, 5.74) is -0.158. The molecule has 1 saturated heterocycles. The van der Waals surface area contributed by atoms with Gasteiger partial charge in [0.1, 0.15) is 0 Å². The lowest BCUT2D eigenvalue weighted by molar-refractivity contribution is 0.0609. The van der Waals surface area contributed by atoms with Gasteiger partial charge in [-0.2, -0.15) is 5.26 Å². The Bertz CT molecular complexity index is 129. The summed E-state index contributed by atoms with van der Waals surface area (Å²) in [7, 11) is 0. The molecular formula is C5H9N3. The van der Waals surface area contributed by atoms with Crippen LogP contribution < -0.4 is 5.84 Å². The van der Waals surface area contributed by atoms with E-state index in [0.717, 1.165) is 0 Å². The van der Waals surface area contributed by atoms with Crippen LogP contribution in [0.5, 0.6) is 0 Å². The predicted octanol–water partition coefficient (Wildman–Crippen LogP) is -0.294. The largest absolute Gasteiger partial charge is 0.269 e. The molecule has 0 unspecified atom stereocenters. The Morgan fingerprint density at radius 3 is 2.38 bits per heavy atom. The van der Waals surface area contributed by atoms with E-state index in [1.807, 2.05) is 6.92 Å². The lowest BCUT2D eigenvalue weighted by Gasteiger charge is -2.39. The lowest BCUT2D eigenvalue weighted by Crippen LogP contribution is -2.57. The minimum absolute atomic E-state index is 0.158.